The number of carbonyl (C=O) groups is 2. The Morgan fingerprint density at radius 3 is 2.57 bits per heavy atom. The SMILES string of the molecule is COC(=O)C(C)Sc1ccccc1C(=O)N1CCN(Cc2cccnc2)CC1. The van der Waals surface area contributed by atoms with Gasteiger partial charge in [0.15, 0.2) is 0 Å². The van der Waals surface area contributed by atoms with Gasteiger partial charge < -0.3 is 9.64 Å². The molecule has 1 aromatic carbocycles. The zero-order valence-corrected chi connectivity index (χ0v) is 17.0. The molecule has 1 fully saturated rings. The van der Waals surface area contributed by atoms with Gasteiger partial charge in [0, 0.05) is 50.0 Å². The van der Waals surface area contributed by atoms with Crippen LogP contribution in [0.5, 0.6) is 0 Å². The third kappa shape index (κ3) is 5.11. The number of pyridine rings is 1. The first-order chi connectivity index (χ1) is 13.6. The van der Waals surface area contributed by atoms with Gasteiger partial charge in [0.05, 0.1) is 12.7 Å². The van der Waals surface area contributed by atoms with Gasteiger partial charge in [0.25, 0.3) is 5.91 Å². The van der Waals surface area contributed by atoms with E-state index in [4.69, 9.17) is 4.74 Å². The lowest BCUT2D eigenvalue weighted by molar-refractivity contribution is -0.139. The maximum atomic E-state index is 13.1. The van der Waals surface area contributed by atoms with Crippen molar-refractivity contribution >= 4 is 23.6 Å². The van der Waals surface area contributed by atoms with Gasteiger partial charge >= 0.3 is 5.97 Å². The van der Waals surface area contributed by atoms with Gasteiger partial charge in [-0.3, -0.25) is 19.5 Å². The summed E-state index contributed by atoms with van der Waals surface area (Å²) in [6.45, 7) is 5.66. The van der Waals surface area contributed by atoms with Crippen LogP contribution in [0.15, 0.2) is 53.7 Å². The lowest BCUT2D eigenvalue weighted by Gasteiger charge is -2.35. The molecule has 3 rings (SSSR count). The first-order valence-electron chi connectivity index (χ1n) is 9.32. The number of thioether (sulfide) groups is 1. The maximum absolute atomic E-state index is 13.1. The molecule has 1 amide bonds. The summed E-state index contributed by atoms with van der Waals surface area (Å²) in [5, 5.41) is -0.365. The molecular formula is C21H25N3O3S. The van der Waals surface area contributed by atoms with E-state index in [0.29, 0.717) is 18.7 Å². The van der Waals surface area contributed by atoms with E-state index in [2.05, 4.69) is 16.0 Å². The second kappa shape index (κ2) is 9.71. The maximum Gasteiger partial charge on any atom is 0.318 e. The molecule has 1 unspecified atom stereocenters. The highest BCUT2D eigenvalue weighted by Gasteiger charge is 2.25. The number of piperazine rings is 1. The number of carbonyl (C=O) groups excluding carboxylic acids is 2. The molecule has 28 heavy (non-hydrogen) atoms. The number of aromatic nitrogens is 1. The molecule has 2 aromatic rings. The summed E-state index contributed by atoms with van der Waals surface area (Å²) in [6, 6.07) is 11.5. The second-order valence-corrected chi connectivity index (χ2v) is 8.09. The quantitative estimate of drug-likeness (QED) is 0.550. The van der Waals surface area contributed by atoms with Crippen molar-refractivity contribution in [3.63, 3.8) is 0 Å². The van der Waals surface area contributed by atoms with Crippen LogP contribution in [0, 0.1) is 0 Å². The van der Waals surface area contributed by atoms with Crippen molar-refractivity contribution in [3.05, 3.63) is 59.9 Å². The van der Waals surface area contributed by atoms with Crippen molar-refractivity contribution in [2.24, 2.45) is 0 Å². The summed E-state index contributed by atoms with van der Waals surface area (Å²) < 4.78 is 4.80. The molecule has 1 atom stereocenters. The minimum Gasteiger partial charge on any atom is -0.468 e. The fourth-order valence-corrected chi connectivity index (χ4v) is 4.19. The highest BCUT2D eigenvalue weighted by molar-refractivity contribution is 8.00. The lowest BCUT2D eigenvalue weighted by Crippen LogP contribution is -2.48. The molecule has 6 nitrogen and oxygen atoms in total. The van der Waals surface area contributed by atoms with E-state index in [1.54, 1.807) is 13.1 Å². The van der Waals surface area contributed by atoms with Gasteiger partial charge in [0.1, 0.15) is 5.25 Å². The summed E-state index contributed by atoms with van der Waals surface area (Å²) in [4.78, 5) is 34.0. The third-order valence-electron chi connectivity index (χ3n) is 4.74. The number of esters is 1. The van der Waals surface area contributed by atoms with Crippen LogP contribution in [-0.4, -0.2) is 65.2 Å². The normalized spacial score (nSPS) is 15.9. The molecule has 1 saturated heterocycles. The van der Waals surface area contributed by atoms with Crippen molar-refractivity contribution in [3.8, 4) is 0 Å². The van der Waals surface area contributed by atoms with Crippen molar-refractivity contribution < 1.29 is 14.3 Å². The van der Waals surface area contributed by atoms with E-state index in [1.807, 2.05) is 41.4 Å². The molecule has 0 bridgehead atoms. The standard InChI is InChI=1S/C21H25N3O3S/c1-16(21(26)27-2)28-19-8-4-3-7-18(19)20(25)24-12-10-23(11-13-24)15-17-6-5-9-22-14-17/h3-9,14,16H,10-13,15H2,1-2H3. The highest BCUT2D eigenvalue weighted by Crippen LogP contribution is 2.28. The number of rotatable bonds is 6. The number of amides is 1. The number of ether oxygens (including phenoxy) is 1. The van der Waals surface area contributed by atoms with Crippen molar-refractivity contribution in [2.75, 3.05) is 33.3 Å². The average molecular weight is 400 g/mol. The zero-order valence-electron chi connectivity index (χ0n) is 16.2. The molecule has 1 aliphatic heterocycles. The minimum atomic E-state index is -0.365. The van der Waals surface area contributed by atoms with Gasteiger partial charge in [-0.05, 0) is 30.7 Å². The molecule has 2 heterocycles. The first kappa shape index (κ1) is 20.4. The molecule has 0 spiro atoms. The number of nitrogens with zero attached hydrogens (tertiary/aromatic N) is 3. The van der Waals surface area contributed by atoms with Gasteiger partial charge in [0.2, 0.25) is 0 Å². The zero-order chi connectivity index (χ0) is 19.9. The molecule has 0 aliphatic carbocycles. The summed E-state index contributed by atoms with van der Waals surface area (Å²) in [5.41, 5.74) is 1.82. The van der Waals surface area contributed by atoms with Crippen LogP contribution in [0.4, 0.5) is 0 Å². The van der Waals surface area contributed by atoms with Crippen LogP contribution in [-0.2, 0) is 16.1 Å². The van der Waals surface area contributed by atoms with Crippen LogP contribution in [0.1, 0.15) is 22.8 Å². The van der Waals surface area contributed by atoms with Crippen molar-refractivity contribution in [2.45, 2.75) is 23.6 Å². The monoisotopic (exact) mass is 399 g/mol. The number of methoxy groups -OCH3 is 1. The number of benzene rings is 1. The smallest absolute Gasteiger partial charge is 0.318 e. The van der Waals surface area contributed by atoms with Crippen LogP contribution < -0.4 is 0 Å². The highest BCUT2D eigenvalue weighted by atomic mass is 32.2. The topological polar surface area (TPSA) is 62.7 Å². The molecule has 0 N–H and O–H groups in total. The predicted molar refractivity (Wildman–Crippen MR) is 109 cm³/mol. The van der Waals surface area contributed by atoms with Crippen LogP contribution >= 0.6 is 11.8 Å². The molecular weight excluding hydrogens is 374 g/mol. The van der Waals surface area contributed by atoms with E-state index in [-0.39, 0.29) is 17.1 Å². The van der Waals surface area contributed by atoms with Gasteiger partial charge in [-0.1, -0.05) is 18.2 Å². The number of hydrogen-bond donors (Lipinski definition) is 0. The largest absolute Gasteiger partial charge is 0.468 e. The summed E-state index contributed by atoms with van der Waals surface area (Å²) in [6.07, 6.45) is 3.66. The summed E-state index contributed by atoms with van der Waals surface area (Å²) in [7, 11) is 1.38. The Morgan fingerprint density at radius 1 is 1.14 bits per heavy atom. The van der Waals surface area contributed by atoms with Gasteiger partial charge in [-0.15, -0.1) is 11.8 Å². The van der Waals surface area contributed by atoms with Crippen molar-refractivity contribution in [1.29, 1.82) is 0 Å². The third-order valence-corrected chi connectivity index (χ3v) is 5.90. The van der Waals surface area contributed by atoms with Gasteiger partial charge in [-0.2, -0.15) is 0 Å². The average Bonchev–Trinajstić information content (AvgIpc) is 2.74. The van der Waals surface area contributed by atoms with Gasteiger partial charge in [-0.25, -0.2) is 0 Å². The Morgan fingerprint density at radius 2 is 1.89 bits per heavy atom. The van der Waals surface area contributed by atoms with E-state index >= 15 is 0 Å². The Kier molecular flexibility index (Phi) is 7.06. The first-order valence-corrected chi connectivity index (χ1v) is 10.2. The predicted octanol–water partition coefficient (Wildman–Crippen LogP) is 2.69. The van der Waals surface area contributed by atoms with Crippen LogP contribution in [0.2, 0.25) is 0 Å². The summed E-state index contributed by atoms with van der Waals surface area (Å²) >= 11 is 1.36. The molecule has 1 aliphatic rings. The van der Waals surface area contributed by atoms with E-state index in [9.17, 15) is 9.59 Å². The second-order valence-electron chi connectivity index (χ2n) is 6.71. The number of hydrogen-bond acceptors (Lipinski definition) is 6. The fraction of sp³-hybridized carbons (Fsp3) is 0.381. The molecule has 148 valence electrons. The Balaban J connectivity index is 1.61. The molecule has 7 heteroatoms. The van der Waals surface area contributed by atoms with Crippen molar-refractivity contribution in [1.82, 2.24) is 14.8 Å². The van der Waals surface area contributed by atoms with E-state index in [0.717, 1.165) is 24.5 Å². The minimum absolute atomic E-state index is 0.0150. The molecule has 0 saturated carbocycles. The van der Waals surface area contributed by atoms with Crippen LogP contribution in [0.3, 0.4) is 0 Å². The Bertz CT molecular complexity index is 808. The van der Waals surface area contributed by atoms with E-state index < -0.39 is 0 Å². The van der Waals surface area contributed by atoms with E-state index in [1.165, 1.54) is 24.4 Å². The fourth-order valence-electron chi connectivity index (χ4n) is 3.18. The lowest BCUT2D eigenvalue weighted by atomic mass is 10.1. The molecule has 1 aromatic heterocycles. The molecule has 0 radical (unpaired) electrons. The summed E-state index contributed by atoms with van der Waals surface area (Å²) in [5.74, 6) is -0.280. The Hall–Kier alpha value is -2.38. The van der Waals surface area contributed by atoms with Crippen LogP contribution in [0.25, 0.3) is 0 Å². The Labute approximate surface area is 169 Å².